The third kappa shape index (κ3) is 1.44. The Bertz CT molecular complexity index is 59.5. The van der Waals surface area contributed by atoms with Crippen molar-refractivity contribution >= 4 is 0 Å². The number of halogens is 1. The summed E-state index contributed by atoms with van der Waals surface area (Å²) in [6, 6.07) is 0.0451. The van der Waals surface area contributed by atoms with Gasteiger partial charge in [0, 0.05) is 6.54 Å². The molecule has 1 heterocycles. The van der Waals surface area contributed by atoms with Gasteiger partial charge in [-0.15, -0.1) is 0 Å². The van der Waals surface area contributed by atoms with E-state index >= 15 is 0 Å². The molecule has 0 spiro atoms. The summed E-state index contributed by atoms with van der Waals surface area (Å²) in [5, 5.41) is 4.07. The zero-order valence-electron chi connectivity index (χ0n) is 4.94. The summed E-state index contributed by atoms with van der Waals surface area (Å²) < 4.78 is 11.8. The molecular weight excluding hydrogens is 105 g/mol. The number of rotatable bonds is 1. The smallest absolute Gasteiger partial charge is 0.106 e. The minimum absolute atomic E-state index is 0.0451. The van der Waals surface area contributed by atoms with Crippen molar-refractivity contribution in [2.45, 2.75) is 25.3 Å². The van der Waals surface area contributed by atoms with E-state index in [9.17, 15) is 4.39 Å². The first-order valence-electron chi connectivity index (χ1n) is 3.16. The summed E-state index contributed by atoms with van der Waals surface area (Å²) in [7, 11) is 0. The molecule has 47 valence electrons. The van der Waals surface area contributed by atoms with Crippen LogP contribution in [0.2, 0.25) is 0 Å². The van der Waals surface area contributed by atoms with E-state index in [1.165, 1.54) is 0 Å². The highest BCUT2D eigenvalue weighted by Gasteiger charge is 2.11. The second-order valence-corrected chi connectivity index (χ2v) is 2.21. The van der Waals surface area contributed by atoms with E-state index in [0.29, 0.717) is 0 Å². The fraction of sp³-hybridized carbons (Fsp3) is 1.00. The van der Waals surface area contributed by atoms with Crippen molar-refractivity contribution in [2.24, 2.45) is 0 Å². The zero-order chi connectivity index (χ0) is 5.82. The summed E-state index contributed by atoms with van der Waals surface area (Å²) in [5.41, 5.74) is 0. The van der Waals surface area contributed by atoms with Crippen molar-refractivity contribution in [2.75, 3.05) is 13.2 Å². The molecule has 0 amide bonds. The maximum atomic E-state index is 11.8. The average Bonchev–Trinajstić information content (AvgIpc) is 1.90. The summed E-state index contributed by atoms with van der Waals surface area (Å²) in [5.74, 6) is 0. The van der Waals surface area contributed by atoms with Gasteiger partial charge in [-0.05, 0) is 12.8 Å². The predicted molar refractivity (Wildman–Crippen MR) is 30.6 cm³/mol. The van der Waals surface area contributed by atoms with Gasteiger partial charge < -0.3 is 0 Å². The third-order valence-electron chi connectivity index (χ3n) is 1.51. The Morgan fingerprint density at radius 1 is 1.50 bits per heavy atom. The molecular formula is C6H11FN. The topological polar surface area (TPSA) is 14.1 Å². The fourth-order valence-electron chi connectivity index (χ4n) is 0.983. The Kier molecular flexibility index (Phi) is 2.27. The SMILES string of the molecule is FCC1CCCC[N]1. The summed E-state index contributed by atoms with van der Waals surface area (Å²) in [6.07, 6.45) is 3.30. The number of alkyl halides is 1. The third-order valence-corrected chi connectivity index (χ3v) is 1.51. The molecule has 2 heteroatoms. The predicted octanol–water partition coefficient (Wildman–Crippen LogP) is 1.11. The van der Waals surface area contributed by atoms with Crippen LogP contribution in [-0.2, 0) is 0 Å². The van der Waals surface area contributed by atoms with E-state index in [2.05, 4.69) is 5.32 Å². The lowest BCUT2D eigenvalue weighted by molar-refractivity contribution is 0.315. The number of hydrogen-bond acceptors (Lipinski definition) is 0. The van der Waals surface area contributed by atoms with Gasteiger partial charge in [-0.2, -0.15) is 0 Å². The minimum atomic E-state index is -0.250. The number of nitrogens with zero attached hydrogens (tertiary/aromatic N) is 1. The molecule has 0 N–H and O–H groups in total. The van der Waals surface area contributed by atoms with Crippen molar-refractivity contribution in [1.29, 1.82) is 0 Å². The van der Waals surface area contributed by atoms with Gasteiger partial charge in [-0.1, -0.05) is 6.42 Å². The molecule has 0 aromatic rings. The molecule has 1 nitrogen and oxygen atoms in total. The summed E-state index contributed by atoms with van der Waals surface area (Å²) in [4.78, 5) is 0. The molecule has 8 heavy (non-hydrogen) atoms. The van der Waals surface area contributed by atoms with Gasteiger partial charge >= 0.3 is 0 Å². The quantitative estimate of drug-likeness (QED) is 0.487. The van der Waals surface area contributed by atoms with E-state index in [1.807, 2.05) is 0 Å². The van der Waals surface area contributed by atoms with E-state index in [-0.39, 0.29) is 12.7 Å². The van der Waals surface area contributed by atoms with Crippen LogP contribution < -0.4 is 5.32 Å². The Hall–Kier alpha value is -0.110. The molecule has 1 rings (SSSR count). The molecule has 0 aromatic heterocycles. The van der Waals surface area contributed by atoms with Crippen LogP contribution in [0.3, 0.4) is 0 Å². The lowest BCUT2D eigenvalue weighted by atomic mass is 10.1. The van der Waals surface area contributed by atoms with Crippen LogP contribution in [-0.4, -0.2) is 19.3 Å². The highest BCUT2D eigenvalue weighted by atomic mass is 19.1. The highest BCUT2D eigenvalue weighted by Crippen LogP contribution is 2.07. The Balaban J connectivity index is 2.13. The zero-order valence-corrected chi connectivity index (χ0v) is 4.94. The van der Waals surface area contributed by atoms with Gasteiger partial charge in [0.2, 0.25) is 0 Å². The average molecular weight is 116 g/mol. The van der Waals surface area contributed by atoms with Crippen LogP contribution in [0.25, 0.3) is 0 Å². The van der Waals surface area contributed by atoms with E-state index in [1.54, 1.807) is 0 Å². The second kappa shape index (κ2) is 3.02. The van der Waals surface area contributed by atoms with Crippen LogP contribution >= 0.6 is 0 Å². The Morgan fingerprint density at radius 2 is 2.38 bits per heavy atom. The Labute approximate surface area is 49.3 Å². The molecule has 1 aliphatic rings. The normalized spacial score (nSPS) is 30.4. The molecule has 1 atom stereocenters. The second-order valence-electron chi connectivity index (χ2n) is 2.21. The fourth-order valence-corrected chi connectivity index (χ4v) is 0.983. The first-order valence-corrected chi connectivity index (χ1v) is 3.16. The van der Waals surface area contributed by atoms with Crippen LogP contribution in [0.4, 0.5) is 4.39 Å². The monoisotopic (exact) mass is 116 g/mol. The molecule has 1 aliphatic heterocycles. The van der Waals surface area contributed by atoms with E-state index in [0.717, 1.165) is 25.8 Å². The number of piperidine rings is 1. The lowest BCUT2D eigenvalue weighted by Gasteiger charge is -2.17. The molecule has 0 aliphatic carbocycles. The molecule has 1 radical (unpaired) electrons. The summed E-state index contributed by atoms with van der Waals surface area (Å²) in [6.45, 7) is 0.634. The van der Waals surface area contributed by atoms with Crippen molar-refractivity contribution in [1.82, 2.24) is 5.32 Å². The maximum absolute atomic E-state index is 11.8. The molecule has 0 saturated carbocycles. The molecule has 0 aromatic carbocycles. The molecule has 0 bridgehead atoms. The van der Waals surface area contributed by atoms with Crippen LogP contribution in [0.15, 0.2) is 0 Å². The van der Waals surface area contributed by atoms with E-state index in [4.69, 9.17) is 0 Å². The molecule has 1 fully saturated rings. The van der Waals surface area contributed by atoms with Gasteiger partial charge in [0.15, 0.2) is 0 Å². The first kappa shape index (κ1) is 6.02. The largest absolute Gasteiger partial charge is 0.249 e. The van der Waals surface area contributed by atoms with Gasteiger partial charge in [0.1, 0.15) is 6.67 Å². The van der Waals surface area contributed by atoms with Crippen molar-refractivity contribution in [3.8, 4) is 0 Å². The van der Waals surface area contributed by atoms with Gasteiger partial charge in [0.25, 0.3) is 0 Å². The van der Waals surface area contributed by atoms with Crippen molar-refractivity contribution in [3.05, 3.63) is 0 Å². The molecule has 1 saturated heterocycles. The van der Waals surface area contributed by atoms with Crippen LogP contribution in [0.5, 0.6) is 0 Å². The van der Waals surface area contributed by atoms with E-state index < -0.39 is 0 Å². The van der Waals surface area contributed by atoms with Gasteiger partial charge in [-0.25, -0.2) is 9.71 Å². The molecule has 1 unspecified atom stereocenters. The minimum Gasteiger partial charge on any atom is -0.249 e. The van der Waals surface area contributed by atoms with Gasteiger partial charge in [-0.3, -0.25) is 0 Å². The summed E-state index contributed by atoms with van der Waals surface area (Å²) >= 11 is 0. The maximum Gasteiger partial charge on any atom is 0.106 e. The van der Waals surface area contributed by atoms with Gasteiger partial charge in [0.05, 0.1) is 6.04 Å². The lowest BCUT2D eigenvalue weighted by Crippen LogP contribution is -2.29. The van der Waals surface area contributed by atoms with Crippen molar-refractivity contribution < 1.29 is 4.39 Å². The first-order chi connectivity index (χ1) is 3.93. The number of hydrogen-bond donors (Lipinski definition) is 0. The standard InChI is InChI=1S/C6H11FN/c7-5-6-3-1-2-4-8-6/h6H,1-5H2. The Morgan fingerprint density at radius 3 is 2.75 bits per heavy atom. The van der Waals surface area contributed by atoms with Crippen LogP contribution in [0.1, 0.15) is 19.3 Å². The van der Waals surface area contributed by atoms with Crippen LogP contribution in [0, 0.1) is 0 Å². The highest BCUT2D eigenvalue weighted by molar-refractivity contribution is 4.69. The van der Waals surface area contributed by atoms with Crippen molar-refractivity contribution in [3.63, 3.8) is 0 Å².